The molecule has 25 valence electrons. The van der Waals surface area contributed by atoms with E-state index < -0.39 is 0 Å². The second-order valence-electron chi connectivity index (χ2n) is 0.626. The predicted octanol–water partition coefficient (Wildman–Crippen LogP) is 1.35. The highest BCUT2D eigenvalue weighted by Gasteiger charge is 1.76. The Balaban J connectivity index is 2.40. The van der Waals surface area contributed by atoms with Gasteiger partial charge >= 0.3 is 18.2 Å². The molecule has 0 heterocycles. The molecule has 0 amide bonds. The molecule has 0 unspecified atom stereocenters. The first-order valence-corrected chi connectivity index (χ1v) is 6.13. The highest BCUT2D eigenvalue weighted by atomic mass is 79.9. The van der Waals surface area contributed by atoms with Gasteiger partial charge in [0, 0.05) is 0 Å². The summed E-state index contributed by atoms with van der Waals surface area (Å²) in [5.41, 5.74) is 0. The Labute approximate surface area is 48.2 Å². The number of halogens is 1. The Morgan fingerprint density at radius 1 is 1.80 bits per heavy atom. The lowest BCUT2D eigenvalue weighted by Gasteiger charge is -1.65. The van der Waals surface area contributed by atoms with Gasteiger partial charge in [0.15, 0.2) is 0 Å². The van der Waals surface area contributed by atoms with Crippen molar-refractivity contribution < 1.29 is 0 Å². The molecule has 0 aliphatic carbocycles. The minimum Gasteiger partial charge on any atom is -0.306 e. The summed E-state index contributed by atoms with van der Waals surface area (Å²) in [5.74, 6) is 0. The van der Waals surface area contributed by atoms with Crippen LogP contribution in [0.15, 0.2) is 12.7 Å². The quantitative estimate of drug-likeness (QED) is 0.513. The topological polar surface area (TPSA) is 0 Å². The van der Waals surface area contributed by atoms with E-state index in [-0.39, 0.29) is 18.2 Å². The SMILES string of the molecule is C=C[CH][Mg][Br]. The van der Waals surface area contributed by atoms with Gasteiger partial charge in [0.25, 0.3) is 0 Å². The standard InChI is InChI=1S/C3H4.BrH.Mg/c1-3-2;;/h1,3H,2H2;1H;/q;;+1/p-1. The van der Waals surface area contributed by atoms with E-state index >= 15 is 0 Å². The molecule has 0 nitrogen and oxygen atoms in total. The molecule has 5 heavy (non-hydrogen) atoms. The van der Waals surface area contributed by atoms with E-state index in [1.807, 2.05) is 6.08 Å². The largest absolute Gasteiger partial charge is 0.474 e. The van der Waals surface area contributed by atoms with E-state index in [0.29, 0.717) is 0 Å². The lowest BCUT2D eigenvalue weighted by molar-refractivity contribution is 2.06. The molecule has 0 aliphatic rings. The summed E-state index contributed by atoms with van der Waals surface area (Å²) < 4.78 is 2.07. The summed E-state index contributed by atoms with van der Waals surface area (Å²) in [7, 11) is 0. The van der Waals surface area contributed by atoms with Crippen LogP contribution in [0, 0.1) is 4.55 Å². The predicted molar refractivity (Wildman–Crippen MR) is 29.2 cm³/mol. The third-order valence-corrected chi connectivity index (χ3v) is 1.89. The second kappa shape index (κ2) is 4.99. The van der Waals surface area contributed by atoms with E-state index in [0.717, 1.165) is 0 Å². The minimum absolute atomic E-state index is 0.0166. The zero-order valence-electron chi connectivity index (χ0n) is 2.95. The van der Waals surface area contributed by atoms with Crippen LogP contribution in [-0.4, -0.2) is 18.2 Å². The Morgan fingerprint density at radius 3 is 2.40 bits per heavy atom. The van der Waals surface area contributed by atoms with Crippen molar-refractivity contribution in [1.82, 2.24) is 0 Å². The maximum Gasteiger partial charge on any atom is 0.474 e. The monoisotopic (exact) mass is 143 g/mol. The van der Waals surface area contributed by atoms with Gasteiger partial charge in [-0.3, -0.25) is 0 Å². The lowest BCUT2D eigenvalue weighted by Crippen LogP contribution is -1.67. The highest BCUT2D eigenvalue weighted by Crippen LogP contribution is 1.78. The van der Waals surface area contributed by atoms with Crippen LogP contribution in [0.4, 0.5) is 0 Å². The molecule has 0 aliphatic heterocycles. The fraction of sp³-hybridized carbons (Fsp3) is 0. The first-order valence-electron chi connectivity index (χ1n) is 1.42. The third-order valence-electron chi connectivity index (χ3n) is 0.256. The van der Waals surface area contributed by atoms with Gasteiger partial charge in [-0.2, -0.15) is 0 Å². The van der Waals surface area contributed by atoms with E-state index in [1.54, 1.807) is 0 Å². The van der Waals surface area contributed by atoms with Crippen molar-refractivity contribution in [2.45, 2.75) is 0 Å². The van der Waals surface area contributed by atoms with Crippen molar-refractivity contribution in [1.29, 1.82) is 0 Å². The van der Waals surface area contributed by atoms with E-state index in [2.05, 4.69) is 24.0 Å². The number of allylic oxidation sites excluding steroid dienone is 1. The molecule has 0 spiro atoms. The average molecular weight is 144 g/mol. The minimum atomic E-state index is -0.0166. The van der Waals surface area contributed by atoms with Crippen molar-refractivity contribution in [3.05, 3.63) is 17.2 Å². The second-order valence-corrected chi connectivity index (χ2v) is 3.35. The van der Waals surface area contributed by atoms with Crippen molar-refractivity contribution in [3.63, 3.8) is 0 Å². The molecule has 0 saturated carbocycles. The molecule has 0 aromatic rings. The smallest absolute Gasteiger partial charge is 0.306 e. The molecule has 0 fully saturated rings. The van der Waals surface area contributed by atoms with Crippen LogP contribution in [0.3, 0.4) is 0 Å². The maximum atomic E-state index is 3.50. The van der Waals surface area contributed by atoms with E-state index in [9.17, 15) is 0 Å². The molecule has 2 heteroatoms. The summed E-state index contributed by atoms with van der Waals surface area (Å²) in [4.78, 5) is 0. The fourth-order valence-corrected chi connectivity index (χ4v) is 0.982. The van der Waals surface area contributed by atoms with Crippen LogP contribution in [0.1, 0.15) is 0 Å². The first kappa shape index (κ1) is 5.99. The summed E-state index contributed by atoms with van der Waals surface area (Å²) in [6.07, 6.45) is 1.82. The van der Waals surface area contributed by atoms with Crippen molar-refractivity contribution in [2.24, 2.45) is 0 Å². The zero-order chi connectivity index (χ0) is 4.12. The van der Waals surface area contributed by atoms with Gasteiger partial charge in [-0.25, -0.2) is 0 Å². The molecule has 0 bridgehead atoms. The highest BCUT2D eigenvalue weighted by molar-refractivity contribution is 9.23. The van der Waals surface area contributed by atoms with Crippen molar-refractivity contribution in [2.75, 3.05) is 0 Å². The molecular weight excluding hydrogens is 140 g/mol. The summed E-state index contributed by atoms with van der Waals surface area (Å²) >= 11 is 3.31. The molecule has 0 aromatic carbocycles. The van der Waals surface area contributed by atoms with E-state index in [1.165, 1.54) is 0 Å². The van der Waals surface area contributed by atoms with Crippen LogP contribution in [0.2, 0.25) is 0 Å². The Hall–Kier alpha value is 0.986. The Kier molecular flexibility index (Phi) is 5.97. The molecule has 0 atom stereocenters. The normalized spacial score (nSPS) is 5.80. The van der Waals surface area contributed by atoms with Gasteiger partial charge in [0.2, 0.25) is 0 Å². The summed E-state index contributed by atoms with van der Waals surface area (Å²) in [5, 5.41) is 0. The molecular formula is C3H4BrMg. The zero-order valence-corrected chi connectivity index (χ0v) is 5.95. The van der Waals surface area contributed by atoms with Gasteiger partial charge < -0.3 is 12.9 Å². The van der Waals surface area contributed by atoms with Crippen LogP contribution in [-0.2, 0) is 0 Å². The van der Waals surface area contributed by atoms with Gasteiger partial charge in [0.05, 0.1) is 0 Å². The molecule has 0 aromatic heterocycles. The average Bonchev–Trinajstić information content (AvgIpc) is 1.41. The van der Waals surface area contributed by atoms with Crippen LogP contribution < -0.4 is 0 Å². The summed E-state index contributed by atoms with van der Waals surface area (Å²) in [6.45, 7) is 3.50. The Bertz CT molecular complexity index is 28.1. The molecule has 0 saturated heterocycles. The molecule has 1 radical (unpaired) electrons. The molecule has 0 rings (SSSR count). The van der Waals surface area contributed by atoms with Crippen LogP contribution in [0.25, 0.3) is 0 Å². The van der Waals surface area contributed by atoms with Gasteiger partial charge in [0.1, 0.15) is 0 Å². The number of rotatable bonds is 2. The third kappa shape index (κ3) is 4.99. The molecule has 0 N–H and O–H groups in total. The van der Waals surface area contributed by atoms with E-state index in [4.69, 9.17) is 0 Å². The first-order chi connectivity index (χ1) is 2.41. The Morgan fingerprint density at radius 2 is 2.40 bits per heavy atom. The van der Waals surface area contributed by atoms with Crippen LogP contribution in [0.5, 0.6) is 0 Å². The van der Waals surface area contributed by atoms with Gasteiger partial charge in [-0.15, -0.1) is 17.2 Å². The number of hydrogen-bond acceptors (Lipinski definition) is 0. The summed E-state index contributed by atoms with van der Waals surface area (Å²) in [6, 6.07) is 0. The number of hydrogen-bond donors (Lipinski definition) is 0. The lowest BCUT2D eigenvalue weighted by atomic mass is 10.8. The van der Waals surface area contributed by atoms with Crippen LogP contribution >= 0.6 is 12.9 Å². The maximum absolute atomic E-state index is 3.50. The fourth-order valence-electron chi connectivity index (χ4n) is 0.0630. The van der Waals surface area contributed by atoms with Crippen molar-refractivity contribution >= 4 is 31.1 Å². The van der Waals surface area contributed by atoms with Gasteiger partial charge in [-0.1, -0.05) is 0 Å². The van der Waals surface area contributed by atoms with Crippen molar-refractivity contribution in [3.8, 4) is 0 Å². The van der Waals surface area contributed by atoms with Gasteiger partial charge in [-0.05, 0) is 0 Å².